The van der Waals surface area contributed by atoms with E-state index in [0.717, 1.165) is 29.7 Å². The van der Waals surface area contributed by atoms with Crippen LogP contribution in [0.4, 0.5) is 5.69 Å². The molecule has 0 fully saturated rings. The summed E-state index contributed by atoms with van der Waals surface area (Å²) in [4.78, 5) is 11.5. The molecular formula is C19H19NO2. The maximum absolute atomic E-state index is 11.5. The first kappa shape index (κ1) is 14.4. The van der Waals surface area contributed by atoms with Crippen molar-refractivity contribution in [3.63, 3.8) is 0 Å². The van der Waals surface area contributed by atoms with Crippen LogP contribution >= 0.6 is 0 Å². The first-order valence-electron chi connectivity index (χ1n) is 7.54. The number of hydrogen-bond acceptors (Lipinski definition) is 2. The van der Waals surface area contributed by atoms with Crippen molar-refractivity contribution in [2.75, 3.05) is 5.32 Å². The summed E-state index contributed by atoms with van der Waals surface area (Å²) in [5.74, 6) is -0.883. The van der Waals surface area contributed by atoms with Crippen molar-refractivity contribution < 1.29 is 9.90 Å². The Labute approximate surface area is 130 Å². The summed E-state index contributed by atoms with van der Waals surface area (Å²) < 4.78 is 0. The van der Waals surface area contributed by atoms with Gasteiger partial charge in [0.25, 0.3) is 0 Å². The number of para-hydroxylation sites is 1. The van der Waals surface area contributed by atoms with Crippen LogP contribution in [-0.2, 0) is 6.42 Å². The van der Waals surface area contributed by atoms with Gasteiger partial charge in [0.2, 0.25) is 0 Å². The van der Waals surface area contributed by atoms with Crippen LogP contribution in [0, 0.1) is 0 Å². The topological polar surface area (TPSA) is 49.3 Å². The zero-order valence-electron chi connectivity index (χ0n) is 12.5. The fourth-order valence-corrected chi connectivity index (χ4v) is 3.14. The van der Waals surface area contributed by atoms with Gasteiger partial charge in [0, 0.05) is 5.69 Å². The fourth-order valence-electron chi connectivity index (χ4n) is 3.14. The predicted molar refractivity (Wildman–Crippen MR) is 89.2 cm³/mol. The predicted octanol–water partition coefficient (Wildman–Crippen LogP) is 4.22. The van der Waals surface area contributed by atoms with Crippen molar-refractivity contribution in [3.05, 3.63) is 71.3 Å². The highest BCUT2D eigenvalue weighted by Gasteiger charge is 2.23. The first-order valence-corrected chi connectivity index (χ1v) is 7.54. The van der Waals surface area contributed by atoms with Gasteiger partial charge in [-0.1, -0.05) is 42.5 Å². The molecule has 1 heterocycles. The normalized spacial score (nSPS) is 17.5. The number of anilines is 1. The Kier molecular flexibility index (Phi) is 3.96. The molecule has 0 saturated heterocycles. The van der Waals surface area contributed by atoms with Gasteiger partial charge in [0.15, 0.2) is 0 Å². The molecule has 3 nitrogen and oxygen atoms in total. The third-order valence-corrected chi connectivity index (χ3v) is 4.20. The van der Waals surface area contributed by atoms with E-state index in [4.69, 9.17) is 0 Å². The number of hydrogen-bond donors (Lipinski definition) is 2. The summed E-state index contributed by atoms with van der Waals surface area (Å²) in [6.45, 7) is 1.97. The van der Waals surface area contributed by atoms with Crippen LogP contribution in [0.25, 0.3) is 5.57 Å². The van der Waals surface area contributed by atoms with E-state index in [-0.39, 0.29) is 6.04 Å². The molecule has 0 bridgehead atoms. The molecule has 3 heteroatoms. The SMILES string of the molecule is C/C=C(\c1ccccc1C(=O)O)C1CCc2ccccc2N1. The van der Waals surface area contributed by atoms with E-state index >= 15 is 0 Å². The van der Waals surface area contributed by atoms with Crippen molar-refractivity contribution in [3.8, 4) is 0 Å². The summed E-state index contributed by atoms with van der Waals surface area (Å²) in [5, 5.41) is 13.0. The van der Waals surface area contributed by atoms with Crippen LogP contribution in [0.5, 0.6) is 0 Å². The van der Waals surface area contributed by atoms with Crippen LogP contribution in [0.15, 0.2) is 54.6 Å². The summed E-state index contributed by atoms with van der Waals surface area (Å²) in [7, 11) is 0. The molecular weight excluding hydrogens is 274 g/mol. The van der Waals surface area contributed by atoms with Crippen LogP contribution in [-0.4, -0.2) is 17.1 Å². The van der Waals surface area contributed by atoms with E-state index in [1.807, 2.05) is 31.2 Å². The van der Waals surface area contributed by atoms with E-state index in [1.54, 1.807) is 12.1 Å². The van der Waals surface area contributed by atoms with Gasteiger partial charge in [-0.05, 0) is 48.6 Å². The largest absolute Gasteiger partial charge is 0.478 e. The first-order chi connectivity index (χ1) is 10.7. The van der Waals surface area contributed by atoms with Gasteiger partial charge in [0.05, 0.1) is 11.6 Å². The second kappa shape index (κ2) is 6.06. The number of fused-ring (bicyclic) bond motifs is 1. The van der Waals surface area contributed by atoms with Gasteiger partial charge in [0.1, 0.15) is 0 Å². The molecule has 3 rings (SSSR count). The average Bonchev–Trinajstić information content (AvgIpc) is 2.56. The minimum atomic E-state index is -0.883. The summed E-state index contributed by atoms with van der Waals surface area (Å²) in [6, 6.07) is 15.6. The van der Waals surface area contributed by atoms with Gasteiger partial charge in [-0.15, -0.1) is 0 Å². The molecule has 1 atom stereocenters. The molecule has 2 aromatic rings. The lowest BCUT2D eigenvalue weighted by molar-refractivity contribution is 0.0696. The van der Waals surface area contributed by atoms with Crippen molar-refractivity contribution in [1.29, 1.82) is 0 Å². The highest BCUT2D eigenvalue weighted by Crippen LogP contribution is 2.32. The number of carbonyl (C=O) groups is 1. The molecule has 0 radical (unpaired) electrons. The number of carboxylic acids is 1. The van der Waals surface area contributed by atoms with Gasteiger partial charge in [-0.25, -0.2) is 4.79 Å². The monoisotopic (exact) mass is 293 g/mol. The number of aromatic carboxylic acids is 1. The van der Waals surface area contributed by atoms with Gasteiger partial charge in [-0.2, -0.15) is 0 Å². The number of rotatable bonds is 3. The minimum Gasteiger partial charge on any atom is -0.478 e. The minimum absolute atomic E-state index is 0.139. The average molecular weight is 293 g/mol. The summed E-state index contributed by atoms with van der Waals surface area (Å²) >= 11 is 0. The van der Waals surface area contributed by atoms with E-state index in [2.05, 4.69) is 23.5 Å². The molecule has 0 aromatic heterocycles. The van der Waals surface area contributed by atoms with Gasteiger partial charge < -0.3 is 10.4 Å². The zero-order valence-corrected chi connectivity index (χ0v) is 12.5. The third-order valence-electron chi connectivity index (χ3n) is 4.20. The van der Waals surface area contributed by atoms with Crippen LogP contribution in [0.3, 0.4) is 0 Å². The second-order valence-corrected chi connectivity index (χ2v) is 5.49. The Morgan fingerprint density at radius 1 is 1.14 bits per heavy atom. The molecule has 2 aromatic carbocycles. The van der Waals surface area contributed by atoms with E-state index in [1.165, 1.54) is 5.56 Å². The quantitative estimate of drug-likeness (QED) is 0.891. The number of aryl methyl sites for hydroxylation is 1. The standard InChI is InChI=1S/C19H19NO2/c1-2-14(15-8-4-5-9-16(15)19(21)22)18-12-11-13-7-3-6-10-17(13)20-18/h2-10,18,20H,11-12H2,1H3,(H,21,22)/b14-2+. The summed E-state index contributed by atoms with van der Waals surface area (Å²) in [6.07, 6.45) is 3.98. The number of carboxylic acid groups (broad SMARTS) is 1. The Morgan fingerprint density at radius 2 is 1.82 bits per heavy atom. The third kappa shape index (κ3) is 2.62. The second-order valence-electron chi connectivity index (χ2n) is 5.49. The van der Waals surface area contributed by atoms with Gasteiger partial charge in [-0.3, -0.25) is 0 Å². The van der Waals surface area contributed by atoms with Gasteiger partial charge >= 0.3 is 5.97 Å². The van der Waals surface area contributed by atoms with Crippen molar-refractivity contribution in [1.82, 2.24) is 0 Å². The Hall–Kier alpha value is -2.55. The maximum atomic E-state index is 11.5. The Morgan fingerprint density at radius 3 is 2.55 bits per heavy atom. The Balaban J connectivity index is 1.96. The molecule has 112 valence electrons. The Bertz CT molecular complexity index is 734. The smallest absolute Gasteiger partial charge is 0.336 e. The lowest BCUT2D eigenvalue weighted by Gasteiger charge is -2.29. The highest BCUT2D eigenvalue weighted by molar-refractivity contribution is 5.95. The number of benzene rings is 2. The molecule has 22 heavy (non-hydrogen) atoms. The van der Waals surface area contributed by atoms with Crippen LogP contribution in [0.2, 0.25) is 0 Å². The van der Waals surface area contributed by atoms with E-state index in [9.17, 15) is 9.90 Å². The molecule has 2 N–H and O–H groups in total. The molecule has 0 aliphatic carbocycles. The maximum Gasteiger partial charge on any atom is 0.336 e. The summed E-state index contributed by atoms with van der Waals surface area (Å²) in [5.41, 5.74) is 4.67. The fraction of sp³-hybridized carbons (Fsp3) is 0.211. The van der Waals surface area contributed by atoms with Crippen molar-refractivity contribution in [2.24, 2.45) is 0 Å². The lowest BCUT2D eigenvalue weighted by Crippen LogP contribution is -2.27. The van der Waals surface area contributed by atoms with Crippen molar-refractivity contribution in [2.45, 2.75) is 25.8 Å². The molecule has 1 aliphatic rings. The molecule has 1 aliphatic heterocycles. The van der Waals surface area contributed by atoms with Crippen molar-refractivity contribution >= 4 is 17.2 Å². The highest BCUT2D eigenvalue weighted by atomic mass is 16.4. The van der Waals surface area contributed by atoms with Crippen LogP contribution in [0.1, 0.15) is 34.8 Å². The number of allylic oxidation sites excluding steroid dienone is 1. The van der Waals surface area contributed by atoms with E-state index < -0.39 is 5.97 Å². The zero-order chi connectivity index (χ0) is 15.5. The number of nitrogens with one attached hydrogen (secondary N) is 1. The molecule has 1 unspecified atom stereocenters. The molecule has 0 amide bonds. The van der Waals surface area contributed by atoms with E-state index in [0.29, 0.717) is 5.56 Å². The molecule has 0 saturated carbocycles. The van der Waals surface area contributed by atoms with Crippen LogP contribution < -0.4 is 5.32 Å². The molecule has 0 spiro atoms. The lowest BCUT2D eigenvalue weighted by atomic mass is 9.87.